The zero-order valence-corrected chi connectivity index (χ0v) is 8.36. The second-order valence-electron chi connectivity index (χ2n) is 3.23. The van der Waals surface area contributed by atoms with Gasteiger partial charge < -0.3 is 15.7 Å². The molecule has 1 aliphatic rings. The van der Waals surface area contributed by atoms with Crippen LogP contribution in [0, 0.1) is 0 Å². The van der Waals surface area contributed by atoms with E-state index in [2.05, 4.69) is 6.58 Å². The number of nitrogens with two attached hydrogens (primary N) is 1. The van der Waals surface area contributed by atoms with Crippen molar-refractivity contribution < 1.29 is 14.7 Å². The zero-order valence-electron chi connectivity index (χ0n) is 7.61. The average Bonchev–Trinajstić information content (AvgIpc) is 2.10. The van der Waals surface area contributed by atoms with Gasteiger partial charge in [-0.1, -0.05) is 18.2 Å². The lowest BCUT2D eigenvalue weighted by molar-refractivity contribution is -0.158. The number of carboxylic acid groups (broad SMARTS) is 1. The van der Waals surface area contributed by atoms with Gasteiger partial charge in [0.15, 0.2) is 6.04 Å². The van der Waals surface area contributed by atoms with Crippen molar-refractivity contribution in [2.75, 3.05) is 0 Å². The van der Waals surface area contributed by atoms with Gasteiger partial charge in [0.2, 0.25) is 5.91 Å². The first-order valence-corrected chi connectivity index (χ1v) is 4.41. The molecule has 1 fully saturated rings. The Morgan fingerprint density at radius 3 is 2.57 bits per heavy atom. The van der Waals surface area contributed by atoms with Crippen LogP contribution in [0.1, 0.15) is 6.92 Å². The van der Waals surface area contributed by atoms with Gasteiger partial charge in [0.25, 0.3) is 0 Å². The first-order valence-electron chi connectivity index (χ1n) is 3.98. The molecule has 0 aromatic heterocycles. The lowest BCUT2D eigenvalue weighted by Crippen LogP contribution is -2.70. The summed E-state index contributed by atoms with van der Waals surface area (Å²) in [4.78, 5) is 23.1. The molecule has 0 aliphatic carbocycles. The lowest BCUT2D eigenvalue weighted by Gasteiger charge is -2.44. The molecule has 1 heterocycles. The summed E-state index contributed by atoms with van der Waals surface area (Å²) in [5.74, 6) is -1.61. The van der Waals surface area contributed by atoms with Crippen molar-refractivity contribution in [3.63, 3.8) is 0 Å². The van der Waals surface area contributed by atoms with Crippen LogP contribution in [0.4, 0.5) is 0 Å². The van der Waals surface area contributed by atoms with Crippen molar-refractivity contribution in [2.45, 2.75) is 24.5 Å². The average molecular weight is 219 g/mol. The van der Waals surface area contributed by atoms with Gasteiger partial charge in [0.05, 0.1) is 0 Å². The van der Waals surface area contributed by atoms with E-state index in [4.69, 9.17) is 22.4 Å². The largest absolute Gasteiger partial charge is 0.479 e. The van der Waals surface area contributed by atoms with Crippen LogP contribution in [0.3, 0.4) is 0 Å². The smallest absolute Gasteiger partial charge is 0.330 e. The summed E-state index contributed by atoms with van der Waals surface area (Å²) in [6.07, 6.45) is 0. The molecule has 0 spiro atoms. The number of likely N-dealkylation sites (tertiary alicyclic amines) is 1. The summed E-state index contributed by atoms with van der Waals surface area (Å²) in [6, 6.07) is -1.89. The Morgan fingerprint density at radius 2 is 2.29 bits per heavy atom. The topological polar surface area (TPSA) is 83.6 Å². The van der Waals surface area contributed by atoms with Crippen LogP contribution in [-0.2, 0) is 9.59 Å². The van der Waals surface area contributed by atoms with Crippen molar-refractivity contribution in [2.24, 2.45) is 5.73 Å². The molecular formula is C8H11ClN2O3. The predicted octanol–water partition coefficient (Wildman–Crippen LogP) is -0.250. The molecule has 0 bridgehead atoms. The van der Waals surface area contributed by atoms with Crippen LogP contribution in [0.25, 0.3) is 0 Å². The second-order valence-corrected chi connectivity index (χ2v) is 3.68. The van der Waals surface area contributed by atoms with E-state index in [9.17, 15) is 9.59 Å². The Labute approximate surface area is 86.1 Å². The number of carbonyl (C=O) groups is 2. The highest BCUT2D eigenvalue weighted by Gasteiger charge is 2.49. The molecule has 1 aliphatic heterocycles. The monoisotopic (exact) mass is 218 g/mol. The van der Waals surface area contributed by atoms with Crippen LogP contribution >= 0.6 is 11.6 Å². The fourth-order valence-electron chi connectivity index (χ4n) is 1.34. The van der Waals surface area contributed by atoms with Crippen LogP contribution in [0.15, 0.2) is 12.2 Å². The third-order valence-corrected chi connectivity index (χ3v) is 2.56. The third kappa shape index (κ3) is 1.49. The molecule has 0 aromatic carbocycles. The lowest BCUT2D eigenvalue weighted by atomic mass is 10.0. The summed E-state index contributed by atoms with van der Waals surface area (Å²) in [7, 11) is 0. The Kier molecular flexibility index (Phi) is 2.82. The van der Waals surface area contributed by atoms with Crippen molar-refractivity contribution in [3.8, 4) is 0 Å². The Hall–Kier alpha value is -1.07. The van der Waals surface area contributed by atoms with Gasteiger partial charge in [0.1, 0.15) is 11.5 Å². The second kappa shape index (κ2) is 3.59. The number of carboxylic acids is 1. The number of alkyl halides is 1. The molecule has 1 rings (SSSR count). The van der Waals surface area contributed by atoms with Crippen molar-refractivity contribution >= 4 is 23.5 Å². The molecule has 1 amide bonds. The number of aliphatic carboxylic acids is 1. The highest BCUT2D eigenvalue weighted by Crippen LogP contribution is 2.27. The van der Waals surface area contributed by atoms with Gasteiger partial charge in [0, 0.05) is 0 Å². The first kappa shape index (κ1) is 11.0. The van der Waals surface area contributed by atoms with E-state index in [1.165, 1.54) is 6.92 Å². The molecule has 5 nitrogen and oxygen atoms in total. The van der Waals surface area contributed by atoms with Gasteiger partial charge in [-0.15, -0.1) is 0 Å². The minimum Gasteiger partial charge on any atom is -0.479 e. The third-order valence-electron chi connectivity index (χ3n) is 2.08. The number of amides is 1. The van der Waals surface area contributed by atoms with Gasteiger partial charge in [-0.2, -0.15) is 0 Å². The molecule has 3 unspecified atom stereocenters. The Balaban J connectivity index is 2.86. The van der Waals surface area contributed by atoms with Crippen molar-refractivity contribution in [1.29, 1.82) is 0 Å². The minimum atomic E-state index is -1.15. The van der Waals surface area contributed by atoms with E-state index in [1.807, 2.05) is 0 Å². The molecule has 0 radical (unpaired) electrons. The van der Waals surface area contributed by atoms with E-state index >= 15 is 0 Å². The van der Waals surface area contributed by atoms with E-state index in [0.29, 0.717) is 5.57 Å². The fourth-order valence-corrected chi connectivity index (χ4v) is 1.66. The molecule has 1 saturated heterocycles. The molecule has 0 aromatic rings. The van der Waals surface area contributed by atoms with Crippen molar-refractivity contribution in [3.05, 3.63) is 12.2 Å². The zero-order chi connectivity index (χ0) is 11.0. The van der Waals surface area contributed by atoms with Crippen LogP contribution in [-0.4, -0.2) is 39.5 Å². The number of nitrogens with zero attached hydrogens (tertiary/aromatic N) is 1. The molecule has 0 saturated carbocycles. The van der Waals surface area contributed by atoms with Crippen LogP contribution < -0.4 is 5.73 Å². The SMILES string of the molecule is C=C(C)C(C(=O)O)N1C(=O)C(N)C1Cl. The first-order chi connectivity index (χ1) is 6.37. The number of β-lactam (4-membered cyclic amide) rings is 1. The van der Waals surface area contributed by atoms with Gasteiger partial charge in [-0.3, -0.25) is 4.79 Å². The number of rotatable bonds is 3. The highest BCUT2D eigenvalue weighted by molar-refractivity contribution is 6.26. The van der Waals surface area contributed by atoms with Crippen molar-refractivity contribution in [1.82, 2.24) is 4.90 Å². The number of halogens is 1. The minimum absolute atomic E-state index is 0.350. The highest BCUT2D eigenvalue weighted by atomic mass is 35.5. The number of hydrogen-bond donors (Lipinski definition) is 2. The van der Waals surface area contributed by atoms with Gasteiger partial charge in [-0.05, 0) is 12.5 Å². The summed E-state index contributed by atoms with van der Waals surface area (Å²) in [5, 5.41) is 8.85. The maximum Gasteiger partial charge on any atom is 0.330 e. The normalized spacial score (nSPS) is 28.2. The van der Waals surface area contributed by atoms with Crippen LogP contribution in [0.2, 0.25) is 0 Å². The van der Waals surface area contributed by atoms with Gasteiger partial charge in [-0.25, -0.2) is 4.79 Å². The Bertz CT molecular complexity index is 291. The summed E-state index contributed by atoms with van der Waals surface area (Å²) < 4.78 is 0. The molecule has 3 N–H and O–H groups in total. The maximum atomic E-state index is 11.2. The summed E-state index contributed by atoms with van der Waals surface area (Å²) >= 11 is 5.72. The van der Waals surface area contributed by atoms with E-state index in [0.717, 1.165) is 4.90 Å². The van der Waals surface area contributed by atoms with Gasteiger partial charge >= 0.3 is 5.97 Å². The molecular weight excluding hydrogens is 208 g/mol. The quantitative estimate of drug-likeness (QED) is 0.296. The molecule has 14 heavy (non-hydrogen) atoms. The maximum absolute atomic E-state index is 11.2. The Morgan fingerprint density at radius 1 is 1.79 bits per heavy atom. The summed E-state index contributed by atoms with van der Waals surface area (Å²) in [6.45, 7) is 5.03. The molecule has 78 valence electrons. The number of carbonyl (C=O) groups excluding carboxylic acids is 1. The number of hydrogen-bond acceptors (Lipinski definition) is 3. The standard InChI is InChI=1S/C8H11ClN2O3/c1-3(2)5(8(13)14)11-6(9)4(10)7(11)12/h4-6H,1,10H2,2H3,(H,13,14). The van der Waals surface area contributed by atoms with E-state index in [-0.39, 0.29) is 0 Å². The molecule has 3 atom stereocenters. The molecule has 6 heteroatoms. The predicted molar refractivity (Wildman–Crippen MR) is 50.7 cm³/mol. The summed E-state index contributed by atoms with van der Waals surface area (Å²) in [5.41, 5.74) is 4.94. The fraction of sp³-hybridized carbons (Fsp3) is 0.500. The van der Waals surface area contributed by atoms with E-state index in [1.54, 1.807) is 0 Å². The van der Waals surface area contributed by atoms with Crippen LogP contribution in [0.5, 0.6) is 0 Å². The van der Waals surface area contributed by atoms with E-state index < -0.39 is 29.5 Å².